The number of carbonyl (C=O) groups excluding carboxylic acids is 1. The standard InChI is InChI=1S/C23H28N4OS/c1-6-16-7-13-19(14-8-16)24-20(28)15-29-22-26-25-21(27(22)5)17-9-11-18(12-10-17)23(2,3)4/h7-14H,6,15H2,1-5H3,(H,24,28). The highest BCUT2D eigenvalue weighted by Crippen LogP contribution is 2.27. The van der Waals surface area contributed by atoms with E-state index in [1.54, 1.807) is 0 Å². The number of amides is 1. The minimum Gasteiger partial charge on any atom is -0.325 e. The van der Waals surface area contributed by atoms with E-state index in [-0.39, 0.29) is 17.1 Å². The molecule has 152 valence electrons. The molecule has 0 unspecified atom stereocenters. The summed E-state index contributed by atoms with van der Waals surface area (Å²) >= 11 is 1.38. The Labute approximate surface area is 176 Å². The van der Waals surface area contributed by atoms with E-state index < -0.39 is 0 Å². The second-order valence-corrected chi connectivity index (χ2v) is 9.02. The van der Waals surface area contributed by atoms with E-state index in [1.807, 2.05) is 35.9 Å². The van der Waals surface area contributed by atoms with E-state index in [0.717, 1.165) is 28.7 Å². The minimum atomic E-state index is -0.0571. The Kier molecular flexibility index (Phi) is 6.42. The number of benzene rings is 2. The Morgan fingerprint density at radius 2 is 1.69 bits per heavy atom. The monoisotopic (exact) mass is 408 g/mol. The van der Waals surface area contributed by atoms with Crippen molar-refractivity contribution in [1.29, 1.82) is 0 Å². The number of thioether (sulfide) groups is 1. The highest BCUT2D eigenvalue weighted by atomic mass is 32.2. The van der Waals surface area contributed by atoms with E-state index in [4.69, 9.17) is 0 Å². The fraction of sp³-hybridized carbons (Fsp3) is 0.348. The van der Waals surface area contributed by atoms with Gasteiger partial charge in [0, 0.05) is 18.3 Å². The summed E-state index contributed by atoms with van der Waals surface area (Å²) in [6, 6.07) is 16.3. The quantitative estimate of drug-likeness (QED) is 0.578. The Balaban J connectivity index is 1.62. The fourth-order valence-electron chi connectivity index (χ4n) is 2.96. The summed E-state index contributed by atoms with van der Waals surface area (Å²) in [5, 5.41) is 12.2. The Morgan fingerprint density at radius 1 is 1.03 bits per heavy atom. The third-order valence-corrected chi connectivity index (χ3v) is 5.84. The number of hydrogen-bond acceptors (Lipinski definition) is 4. The van der Waals surface area contributed by atoms with Crippen LogP contribution in [0.25, 0.3) is 11.4 Å². The van der Waals surface area contributed by atoms with Gasteiger partial charge in [0.1, 0.15) is 0 Å². The summed E-state index contributed by atoms with van der Waals surface area (Å²) in [4.78, 5) is 12.3. The average molecular weight is 409 g/mol. The molecule has 1 aromatic heterocycles. The van der Waals surface area contributed by atoms with Gasteiger partial charge in [-0.25, -0.2) is 0 Å². The minimum absolute atomic E-state index is 0.0571. The zero-order valence-corrected chi connectivity index (χ0v) is 18.5. The zero-order chi connectivity index (χ0) is 21.0. The lowest BCUT2D eigenvalue weighted by atomic mass is 9.87. The van der Waals surface area contributed by atoms with Gasteiger partial charge < -0.3 is 9.88 Å². The maximum Gasteiger partial charge on any atom is 0.234 e. The number of nitrogens with zero attached hydrogens (tertiary/aromatic N) is 3. The number of carbonyl (C=O) groups is 1. The average Bonchev–Trinajstić information content (AvgIpc) is 3.07. The summed E-state index contributed by atoms with van der Waals surface area (Å²) in [6.45, 7) is 8.70. The second kappa shape index (κ2) is 8.82. The Hall–Kier alpha value is -2.60. The maximum absolute atomic E-state index is 12.3. The van der Waals surface area contributed by atoms with Crippen LogP contribution in [-0.4, -0.2) is 26.4 Å². The molecular weight excluding hydrogens is 380 g/mol. The van der Waals surface area contributed by atoms with Crippen LogP contribution in [0.3, 0.4) is 0 Å². The lowest BCUT2D eigenvalue weighted by Crippen LogP contribution is -2.14. The largest absolute Gasteiger partial charge is 0.325 e. The summed E-state index contributed by atoms with van der Waals surface area (Å²) < 4.78 is 1.93. The first-order valence-electron chi connectivity index (χ1n) is 9.80. The van der Waals surface area contributed by atoms with Crippen molar-refractivity contribution in [3.8, 4) is 11.4 Å². The molecule has 2 aromatic carbocycles. The molecule has 0 radical (unpaired) electrons. The van der Waals surface area contributed by atoms with E-state index in [1.165, 1.54) is 22.9 Å². The van der Waals surface area contributed by atoms with Crippen LogP contribution in [0.4, 0.5) is 5.69 Å². The lowest BCUT2D eigenvalue weighted by molar-refractivity contribution is -0.113. The summed E-state index contributed by atoms with van der Waals surface area (Å²) in [6.07, 6.45) is 0.984. The van der Waals surface area contributed by atoms with Gasteiger partial charge in [-0.3, -0.25) is 4.79 Å². The van der Waals surface area contributed by atoms with Gasteiger partial charge in [-0.05, 0) is 35.1 Å². The third-order valence-electron chi connectivity index (χ3n) is 4.82. The highest BCUT2D eigenvalue weighted by molar-refractivity contribution is 7.99. The molecule has 29 heavy (non-hydrogen) atoms. The van der Waals surface area contributed by atoms with Crippen molar-refractivity contribution in [2.45, 2.75) is 44.7 Å². The van der Waals surface area contributed by atoms with Crippen LogP contribution in [-0.2, 0) is 23.7 Å². The molecule has 0 aliphatic carbocycles. The Morgan fingerprint density at radius 3 is 2.28 bits per heavy atom. The molecule has 0 aliphatic rings. The third kappa shape index (κ3) is 5.26. The number of nitrogens with one attached hydrogen (secondary N) is 1. The topological polar surface area (TPSA) is 59.8 Å². The molecule has 0 spiro atoms. The van der Waals surface area contributed by atoms with Gasteiger partial charge in [-0.2, -0.15) is 0 Å². The number of hydrogen-bond donors (Lipinski definition) is 1. The molecule has 6 heteroatoms. The molecule has 0 saturated carbocycles. The molecule has 5 nitrogen and oxygen atoms in total. The van der Waals surface area contributed by atoms with Gasteiger partial charge in [-0.15, -0.1) is 10.2 Å². The fourth-order valence-corrected chi connectivity index (χ4v) is 3.67. The van der Waals surface area contributed by atoms with Crippen LogP contribution in [0.15, 0.2) is 53.7 Å². The predicted octanol–water partition coefficient (Wildman–Crippen LogP) is 5.07. The van der Waals surface area contributed by atoms with Gasteiger partial charge in [-0.1, -0.05) is 75.9 Å². The summed E-state index contributed by atoms with van der Waals surface area (Å²) in [7, 11) is 1.93. The van der Waals surface area contributed by atoms with Crippen molar-refractivity contribution in [1.82, 2.24) is 14.8 Å². The van der Waals surface area contributed by atoms with Crippen LogP contribution >= 0.6 is 11.8 Å². The molecule has 0 bridgehead atoms. The van der Waals surface area contributed by atoms with Crippen molar-refractivity contribution in [2.24, 2.45) is 7.05 Å². The first kappa shape index (κ1) is 21.1. The van der Waals surface area contributed by atoms with E-state index in [9.17, 15) is 4.79 Å². The normalized spacial score (nSPS) is 11.5. The number of aryl methyl sites for hydroxylation is 1. The SMILES string of the molecule is CCc1ccc(NC(=O)CSc2nnc(-c3ccc(C(C)(C)C)cc3)n2C)cc1. The van der Waals surface area contributed by atoms with Gasteiger partial charge >= 0.3 is 0 Å². The van der Waals surface area contributed by atoms with Crippen LogP contribution in [0.1, 0.15) is 38.8 Å². The first-order chi connectivity index (χ1) is 13.8. The molecule has 3 rings (SSSR count). The van der Waals surface area contributed by atoms with E-state index in [2.05, 4.69) is 67.5 Å². The van der Waals surface area contributed by atoms with Gasteiger partial charge in [0.15, 0.2) is 11.0 Å². The zero-order valence-electron chi connectivity index (χ0n) is 17.7. The van der Waals surface area contributed by atoms with Crippen molar-refractivity contribution in [3.63, 3.8) is 0 Å². The molecule has 3 aromatic rings. The number of rotatable bonds is 6. The molecule has 0 atom stereocenters. The Bertz CT molecular complexity index is 970. The van der Waals surface area contributed by atoms with Crippen LogP contribution in [0.2, 0.25) is 0 Å². The smallest absolute Gasteiger partial charge is 0.234 e. The summed E-state index contributed by atoms with van der Waals surface area (Å²) in [5.41, 5.74) is 4.47. The molecule has 0 fully saturated rings. The maximum atomic E-state index is 12.3. The van der Waals surface area contributed by atoms with Crippen molar-refractivity contribution in [2.75, 3.05) is 11.1 Å². The number of aromatic nitrogens is 3. The van der Waals surface area contributed by atoms with Crippen LogP contribution < -0.4 is 5.32 Å². The lowest BCUT2D eigenvalue weighted by Gasteiger charge is -2.19. The summed E-state index contributed by atoms with van der Waals surface area (Å²) in [5.74, 6) is 1.02. The van der Waals surface area contributed by atoms with Crippen LogP contribution in [0, 0.1) is 0 Å². The molecule has 1 amide bonds. The molecular formula is C23H28N4OS. The molecule has 1 heterocycles. The van der Waals surface area contributed by atoms with Gasteiger partial charge in [0.2, 0.25) is 5.91 Å². The molecule has 1 N–H and O–H groups in total. The van der Waals surface area contributed by atoms with E-state index in [0.29, 0.717) is 0 Å². The molecule has 0 saturated heterocycles. The van der Waals surface area contributed by atoms with Gasteiger partial charge in [0.05, 0.1) is 5.75 Å². The van der Waals surface area contributed by atoms with Crippen molar-refractivity contribution in [3.05, 3.63) is 59.7 Å². The van der Waals surface area contributed by atoms with E-state index >= 15 is 0 Å². The second-order valence-electron chi connectivity index (χ2n) is 8.08. The first-order valence-corrected chi connectivity index (χ1v) is 10.8. The highest BCUT2D eigenvalue weighted by Gasteiger charge is 2.16. The molecule has 0 aliphatic heterocycles. The predicted molar refractivity (Wildman–Crippen MR) is 120 cm³/mol. The van der Waals surface area contributed by atoms with Crippen molar-refractivity contribution < 1.29 is 4.79 Å². The van der Waals surface area contributed by atoms with Crippen LogP contribution in [0.5, 0.6) is 0 Å². The van der Waals surface area contributed by atoms with Gasteiger partial charge in [0.25, 0.3) is 0 Å². The van der Waals surface area contributed by atoms with Crippen molar-refractivity contribution >= 4 is 23.4 Å². The number of anilines is 1.